The maximum Gasteiger partial charge on any atom is 0.337 e. The van der Waals surface area contributed by atoms with Gasteiger partial charge in [-0.15, -0.1) is 0 Å². The van der Waals surface area contributed by atoms with Crippen molar-refractivity contribution in [3.63, 3.8) is 0 Å². The van der Waals surface area contributed by atoms with Crippen LogP contribution in [0.4, 0.5) is 0 Å². The van der Waals surface area contributed by atoms with Crippen LogP contribution in [0.3, 0.4) is 0 Å². The summed E-state index contributed by atoms with van der Waals surface area (Å²) in [5, 5.41) is 0. The lowest BCUT2D eigenvalue weighted by Crippen LogP contribution is -2.06. The lowest BCUT2D eigenvalue weighted by molar-refractivity contribution is -0.131. The van der Waals surface area contributed by atoms with Gasteiger partial charge in [-0.25, -0.2) is 4.79 Å². The molecule has 0 spiro atoms. The van der Waals surface area contributed by atoms with E-state index in [4.69, 9.17) is 4.74 Å². The molecule has 4 nitrogen and oxygen atoms in total. The number of ether oxygens (including phenoxy) is 2. The fourth-order valence-electron chi connectivity index (χ4n) is 1.55. The van der Waals surface area contributed by atoms with Gasteiger partial charge in [-0.2, -0.15) is 0 Å². The van der Waals surface area contributed by atoms with Crippen molar-refractivity contribution in [2.45, 2.75) is 27.2 Å². The summed E-state index contributed by atoms with van der Waals surface area (Å²) in [7, 11) is 1.33. The van der Waals surface area contributed by atoms with Crippen molar-refractivity contribution >= 4 is 11.9 Å². The van der Waals surface area contributed by atoms with Crippen LogP contribution in [0.5, 0.6) is 5.75 Å². The van der Waals surface area contributed by atoms with E-state index < -0.39 is 5.97 Å². The molecule has 0 bridgehead atoms. The van der Waals surface area contributed by atoms with Gasteiger partial charge >= 0.3 is 11.9 Å². The predicted molar refractivity (Wildman–Crippen MR) is 72.2 cm³/mol. The Labute approximate surface area is 113 Å². The minimum atomic E-state index is -0.409. The van der Waals surface area contributed by atoms with Gasteiger partial charge in [0.25, 0.3) is 0 Å². The third kappa shape index (κ3) is 4.58. The normalized spacial score (nSPS) is 9.68. The highest BCUT2D eigenvalue weighted by Gasteiger charge is 2.11. The maximum atomic E-state index is 11.5. The molecule has 4 heteroatoms. The first-order chi connectivity index (χ1) is 8.93. The summed E-state index contributed by atoms with van der Waals surface area (Å²) in [4.78, 5) is 22.5. The van der Waals surface area contributed by atoms with E-state index in [2.05, 4.69) is 4.74 Å². The highest BCUT2D eigenvalue weighted by atomic mass is 16.5. The Morgan fingerprint density at radius 3 is 2.42 bits per heavy atom. The van der Waals surface area contributed by atoms with E-state index in [1.54, 1.807) is 18.2 Å². The van der Waals surface area contributed by atoms with Crippen molar-refractivity contribution in [1.82, 2.24) is 0 Å². The molecular weight excluding hydrogens is 244 g/mol. The minimum absolute atomic E-state index is 0.385. The van der Waals surface area contributed by atoms with E-state index in [0.717, 1.165) is 11.1 Å². The second kappa shape index (κ2) is 6.73. The van der Waals surface area contributed by atoms with Gasteiger partial charge in [-0.05, 0) is 44.0 Å². The van der Waals surface area contributed by atoms with Crippen molar-refractivity contribution in [3.05, 3.63) is 41.0 Å². The van der Waals surface area contributed by atoms with Crippen molar-refractivity contribution in [3.8, 4) is 5.75 Å². The minimum Gasteiger partial charge on any atom is -0.465 e. The molecule has 0 aliphatic rings. The molecule has 102 valence electrons. The summed E-state index contributed by atoms with van der Waals surface area (Å²) in [6, 6.07) is 4.88. The zero-order valence-corrected chi connectivity index (χ0v) is 11.6. The molecule has 0 saturated carbocycles. The SMILES string of the molecule is COC(=O)c1ccc(OC(C)=O)c(CC=C(C)C)c1. The first-order valence-corrected chi connectivity index (χ1v) is 5.97. The highest BCUT2D eigenvalue weighted by Crippen LogP contribution is 2.22. The van der Waals surface area contributed by atoms with Crippen LogP contribution < -0.4 is 4.74 Å². The van der Waals surface area contributed by atoms with E-state index in [9.17, 15) is 9.59 Å². The molecule has 1 aromatic carbocycles. The van der Waals surface area contributed by atoms with Gasteiger partial charge in [-0.1, -0.05) is 11.6 Å². The Bertz CT molecular complexity index is 511. The Hall–Kier alpha value is -2.10. The topological polar surface area (TPSA) is 52.6 Å². The van der Waals surface area contributed by atoms with Gasteiger partial charge in [-0.3, -0.25) is 4.79 Å². The standard InChI is InChI=1S/C15H18O4/c1-10(2)5-6-12-9-13(15(17)18-4)7-8-14(12)19-11(3)16/h5,7-9H,6H2,1-4H3. The number of carbonyl (C=O) groups excluding carboxylic acids is 2. The molecule has 0 aliphatic carbocycles. The number of benzene rings is 1. The Morgan fingerprint density at radius 2 is 1.89 bits per heavy atom. The summed E-state index contributed by atoms with van der Waals surface area (Å²) < 4.78 is 9.80. The van der Waals surface area contributed by atoms with Gasteiger partial charge in [0.05, 0.1) is 12.7 Å². The van der Waals surface area contributed by atoms with Crippen LogP contribution in [-0.2, 0) is 16.0 Å². The maximum absolute atomic E-state index is 11.5. The van der Waals surface area contributed by atoms with Gasteiger partial charge in [0.2, 0.25) is 0 Å². The average Bonchev–Trinajstić information content (AvgIpc) is 2.35. The van der Waals surface area contributed by atoms with Crippen LogP contribution in [0.25, 0.3) is 0 Å². The van der Waals surface area contributed by atoms with Crippen molar-refractivity contribution in [2.24, 2.45) is 0 Å². The summed E-state index contributed by atoms with van der Waals surface area (Å²) in [6.45, 7) is 5.31. The summed E-state index contributed by atoms with van der Waals surface area (Å²) >= 11 is 0. The first-order valence-electron chi connectivity index (χ1n) is 5.97. The molecule has 0 aromatic heterocycles. The number of hydrogen-bond acceptors (Lipinski definition) is 4. The van der Waals surface area contributed by atoms with Gasteiger partial charge in [0, 0.05) is 6.92 Å². The van der Waals surface area contributed by atoms with Crippen LogP contribution in [0.1, 0.15) is 36.7 Å². The molecule has 1 rings (SSSR count). The van der Waals surface area contributed by atoms with E-state index in [-0.39, 0.29) is 5.97 Å². The fourth-order valence-corrected chi connectivity index (χ4v) is 1.55. The molecule has 0 amide bonds. The zero-order chi connectivity index (χ0) is 14.4. The van der Waals surface area contributed by atoms with Gasteiger partial charge in [0.15, 0.2) is 0 Å². The van der Waals surface area contributed by atoms with Crippen LogP contribution in [0.2, 0.25) is 0 Å². The predicted octanol–water partition coefficient (Wildman–Crippen LogP) is 2.91. The number of hydrogen-bond donors (Lipinski definition) is 0. The molecule has 19 heavy (non-hydrogen) atoms. The molecule has 0 saturated heterocycles. The summed E-state index contributed by atoms with van der Waals surface area (Å²) in [5.41, 5.74) is 2.37. The molecule has 0 radical (unpaired) electrons. The molecule has 0 N–H and O–H groups in total. The van der Waals surface area contributed by atoms with Crippen molar-refractivity contribution in [1.29, 1.82) is 0 Å². The fraction of sp³-hybridized carbons (Fsp3) is 0.333. The lowest BCUT2D eigenvalue weighted by atomic mass is 10.1. The first kappa shape index (κ1) is 15.0. The zero-order valence-electron chi connectivity index (χ0n) is 11.6. The highest BCUT2D eigenvalue weighted by molar-refractivity contribution is 5.90. The van der Waals surface area contributed by atoms with Gasteiger partial charge in [0.1, 0.15) is 5.75 Å². The summed E-state index contributed by atoms with van der Waals surface area (Å²) in [6.07, 6.45) is 2.60. The van der Waals surface area contributed by atoms with Crippen LogP contribution in [-0.4, -0.2) is 19.0 Å². The smallest absolute Gasteiger partial charge is 0.337 e. The van der Waals surface area contributed by atoms with Crippen LogP contribution >= 0.6 is 0 Å². The van der Waals surface area contributed by atoms with E-state index in [1.165, 1.54) is 14.0 Å². The van der Waals surface area contributed by atoms with Crippen molar-refractivity contribution < 1.29 is 19.1 Å². The quantitative estimate of drug-likeness (QED) is 0.475. The Balaban J connectivity index is 3.13. The monoisotopic (exact) mass is 262 g/mol. The van der Waals surface area contributed by atoms with Crippen LogP contribution in [0, 0.1) is 0 Å². The number of methoxy groups -OCH3 is 1. The number of carbonyl (C=O) groups is 2. The van der Waals surface area contributed by atoms with Gasteiger partial charge < -0.3 is 9.47 Å². The molecule has 0 unspecified atom stereocenters. The molecule has 0 heterocycles. The second-order valence-electron chi connectivity index (χ2n) is 4.39. The largest absolute Gasteiger partial charge is 0.465 e. The molecule has 0 aliphatic heterocycles. The summed E-state index contributed by atoms with van der Waals surface area (Å²) in [5.74, 6) is -0.324. The molecular formula is C15H18O4. The number of rotatable bonds is 4. The van der Waals surface area contributed by atoms with E-state index >= 15 is 0 Å². The number of esters is 2. The second-order valence-corrected chi connectivity index (χ2v) is 4.39. The van der Waals surface area contributed by atoms with E-state index in [1.807, 2.05) is 19.9 Å². The molecule has 0 fully saturated rings. The average molecular weight is 262 g/mol. The van der Waals surface area contributed by atoms with E-state index in [0.29, 0.717) is 17.7 Å². The lowest BCUT2D eigenvalue weighted by Gasteiger charge is -2.09. The van der Waals surface area contributed by atoms with Crippen LogP contribution in [0.15, 0.2) is 29.8 Å². The van der Waals surface area contributed by atoms with Crippen molar-refractivity contribution in [2.75, 3.05) is 7.11 Å². The Morgan fingerprint density at radius 1 is 1.21 bits per heavy atom. The Kier molecular flexibility index (Phi) is 5.30. The number of allylic oxidation sites excluding steroid dienone is 2. The third-order valence-corrected chi connectivity index (χ3v) is 2.47. The third-order valence-electron chi connectivity index (χ3n) is 2.47. The molecule has 0 atom stereocenters. The molecule has 1 aromatic rings.